The predicted octanol–water partition coefficient (Wildman–Crippen LogP) is 2.45. The van der Waals surface area contributed by atoms with Crippen LogP contribution in [0.3, 0.4) is 0 Å². The van der Waals surface area contributed by atoms with Crippen molar-refractivity contribution in [1.29, 1.82) is 0 Å². The average molecular weight is 391 g/mol. The summed E-state index contributed by atoms with van der Waals surface area (Å²) in [6.07, 6.45) is 4.53. The van der Waals surface area contributed by atoms with Gasteiger partial charge in [-0.15, -0.1) is 0 Å². The SMILES string of the molecule is CC1C/C(=C/c2cn(C)c(=O)n(C)c2=O)c2nc3ccccc3c(C(=O)O)c2C1. The van der Waals surface area contributed by atoms with E-state index in [0.29, 0.717) is 40.6 Å². The Labute approximate surface area is 166 Å². The van der Waals surface area contributed by atoms with Crippen molar-refractivity contribution >= 4 is 28.5 Å². The number of nitrogens with zero attached hydrogens (tertiary/aromatic N) is 3. The summed E-state index contributed by atoms with van der Waals surface area (Å²) in [6.45, 7) is 2.05. The fourth-order valence-corrected chi connectivity index (χ4v) is 4.10. The summed E-state index contributed by atoms with van der Waals surface area (Å²) >= 11 is 0. The van der Waals surface area contributed by atoms with Crippen LogP contribution in [0.2, 0.25) is 0 Å². The lowest BCUT2D eigenvalue weighted by atomic mass is 9.80. The maximum absolute atomic E-state index is 12.6. The number of hydrogen-bond acceptors (Lipinski definition) is 4. The molecule has 0 saturated carbocycles. The highest BCUT2D eigenvalue weighted by atomic mass is 16.4. The summed E-state index contributed by atoms with van der Waals surface area (Å²) in [6, 6.07) is 7.20. The zero-order valence-electron chi connectivity index (χ0n) is 16.5. The first kappa shape index (κ1) is 18.9. The molecule has 2 aromatic heterocycles. The first-order chi connectivity index (χ1) is 13.8. The standard InChI is InChI=1S/C22H21N3O4/c1-12-8-13(10-14-11-24(2)22(29)25(3)20(14)26)19-16(9-12)18(21(27)28)15-6-4-5-7-17(15)23-19/h4-7,10-12H,8-9H2,1-3H3,(H,27,28)/b13-10-. The van der Waals surface area contributed by atoms with Gasteiger partial charge in [0.1, 0.15) is 0 Å². The highest BCUT2D eigenvalue weighted by Crippen LogP contribution is 2.38. The predicted molar refractivity (Wildman–Crippen MR) is 111 cm³/mol. The van der Waals surface area contributed by atoms with Crippen LogP contribution in [0.15, 0.2) is 40.1 Å². The Bertz CT molecular complexity index is 1310. The molecule has 1 aromatic carbocycles. The molecule has 2 heterocycles. The molecule has 29 heavy (non-hydrogen) atoms. The molecule has 3 aromatic rings. The number of carboxylic acids is 1. The summed E-state index contributed by atoms with van der Waals surface area (Å²) in [5, 5.41) is 10.5. The van der Waals surface area contributed by atoms with Gasteiger partial charge in [-0.05, 0) is 42.0 Å². The monoisotopic (exact) mass is 391 g/mol. The van der Waals surface area contributed by atoms with E-state index in [1.807, 2.05) is 6.07 Å². The third kappa shape index (κ3) is 3.08. The fourth-order valence-electron chi connectivity index (χ4n) is 4.10. The molecule has 0 radical (unpaired) electrons. The molecule has 1 N–H and O–H groups in total. The second-order valence-corrected chi connectivity index (χ2v) is 7.66. The van der Waals surface area contributed by atoms with Crippen molar-refractivity contribution in [1.82, 2.24) is 14.1 Å². The number of carboxylic acid groups (broad SMARTS) is 1. The van der Waals surface area contributed by atoms with Gasteiger partial charge in [-0.2, -0.15) is 0 Å². The zero-order valence-corrected chi connectivity index (χ0v) is 16.5. The molecule has 0 saturated heterocycles. The van der Waals surface area contributed by atoms with Crippen molar-refractivity contribution in [2.75, 3.05) is 0 Å². The summed E-state index contributed by atoms with van der Waals surface area (Å²) < 4.78 is 2.42. The van der Waals surface area contributed by atoms with Crippen LogP contribution in [-0.4, -0.2) is 25.2 Å². The number of pyridine rings is 1. The van der Waals surface area contributed by atoms with Crippen LogP contribution in [0.1, 0.15) is 40.5 Å². The number of aromatic carboxylic acids is 1. The van der Waals surface area contributed by atoms with Gasteiger partial charge in [0.15, 0.2) is 0 Å². The van der Waals surface area contributed by atoms with Gasteiger partial charge in [-0.25, -0.2) is 14.6 Å². The van der Waals surface area contributed by atoms with Crippen LogP contribution in [0, 0.1) is 5.92 Å². The van der Waals surface area contributed by atoms with Crippen molar-refractivity contribution in [2.24, 2.45) is 20.0 Å². The number of benzene rings is 1. The Kier molecular flexibility index (Phi) is 4.45. The number of hydrogen-bond donors (Lipinski definition) is 1. The third-order valence-corrected chi connectivity index (χ3v) is 5.43. The Balaban J connectivity index is 2.03. The molecule has 1 atom stereocenters. The van der Waals surface area contributed by atoms with E-state index in [4.69, 9.17) is 4.98 Å². The minimum absolute atomic E-state index is 0.200. The normalized spacial score (nSPS) is 17.5. The van der Waals surface area contributed by atoms with E-state index >= 15 is 0 Å². The van der Waals surface area contributed by atoms with Crippen molar-refractivity contribution in [3.05, 3.63) is 73.7 Å². The molecule has 4 rings (SSSR count). The van der Waals surface area contributed by atoms with E-state index in [1.54, 1.807) is 31.3 Å². The maximum Gasteiger partial charge on any atom is 0.336 e. The van der Waals surface area contributed by atoms with Crippen molar-refractivity contribution in [3.63, 3.8) is 0 Å². The van der Waals surface area contributed by atoms with Gasteiger partial charge in [0.05, 0.1) is 22.3 Å². The van der Waals surface area contributed by atoms with Gasteiger partial charge in [0.2, 0.25) is 0 Å². The molecule has 7 nitrogen and oxygen atoms in total. The second kappa shape index (κ2) is 6.84. The average Bonchev–Trinajstić information content (AvgIpc) is 2.68. The van der Waals surface area contributed by atoms with Crippen LogP contribution in [0.25, 0.3) is 22.6 Å². The smallest absolute Gasteiger partial charge is 0.336 e. The van der Waals surface area contributed by atoms with Gasteiger partial charge < -0.3 is 9.67 Å². The summed E-state index contributed by atoms with van der Waals surface area (Å²) in [5.74, 6) is -0.780. The van der Waals surface area contributed by atoms with Crippen molar-refractivity contribution in [2.45, 2.75) is 19.8 Å². The molecule has 0 bridgehead atoms. The maximum atomic E-state index is 12.6. The largest absolute Gasteiger partial charge is 0.478 e. The lowest BCUT2D eigenvalue weighted by Gasteiger charge is -2.26. The molecule has 1 aliphatic rings. The second-order valence-electron chi connectivity index (χ2n) is 7.66. The van der Waals surface area contributed by atoms with E-state index in [0.717, 1.165) is 10.1 Å². The number of aromatic nitrogens is 3. The number of carbonyl (C=O) groups is 1. The molecular formula is C22H21N3O4. The fraction of sp³-hybridized carbons (Fsp3) is 0.273. The molecule has 0 spiro atoms. The summed E-state index contributed by atoms with van der Waals surface area (Å²) in [7, 11) is 3.04. The van der Waals surface area contributed by atoms with E-state index in [-0.39, 0.29) is 17.0 Å². The summed E-state index contributed by atoms with van der Waals surface area (Å²) in [5.41, 5.74) is 2.59. The first-order valence-corrected chi connectivity index (χ1v) is 9.40. The van der Waals surface area contributed by atoms with Gasteiger partial charge in [-0.1, -0.05) is 25.1 Å². The van der Waals surface area contributed by atoms with Crippen molar-refractivity contribution in [3.8, 4) is 0 Å². The molecule has 148 valence electrons. The highest BCUT2D eigenvalue weighted by molar-refractivity contribution is 6.05. The first-order valence-electron chi connectivity index (χ1n) is 9.40. The topological polar surface area (TPSA) is 94.2 Å². The number of aryl methyl sites for hydroxylation is 1. The summed E-state index contributed by atoms with van der Waals surface area (Å²) in [4.78, 5) is 41.4. The van der Waals surface area contributed by atoms with Gasteiger partial charge in [-0.3, -0.25) is 9.36 Å². The van der Waals surface area contributed by atoms with Crippen LogP contribution < -0.4 is 11.2 Å². The lowest BCUT2D eigenvalue weighted by Crippen LogP contribution is -2.37. The van der Waals surface area contributed by atoms with Crippen LogP contribution in [0.4, 0.5) is 0 Å². The van der Waals surface area contributed by atoms with Gasteiger partial charge >= 0.3 is 11.7 Å². The Morgan fingerprint density at radius 3 is 2.66 bits per heavy atom. The zero-order chi connectivity index (χ0) is 20.9. The minimum Gasteiger partial charge on any atom is -0.478 e. The molecule has 0 aliphatic heterocycles. The van der Waals surface area contributed by atoms with E-state index in [2.05, 4.69) is 6.92 Å². The van der Waals surface area contributed by atoms with E-state index < -0.39 is 11.7 Å². The number of fused-ring (bicyclic) bond motifs is 2. The lowest BCUT2D eigenvalue weighted by molar-refractivity contribution is 0.0697. The molecule has 1 unspecified atom stereocenters. The van der Waals surface area contributed by atoms with Crippen LogP contribution in [-0.2, 0) is 20.5 Å². The van der Waals surface area contributed by atoms with Crippen molar-refractivity contribution < 1.29 is 9.90 Å². The van der Waals surface area contributed by atoms with Crippen LogP contribution in [0.5, 0.6) is 0 Å². The Morgan fingerprint density at radius 2 is 1.93 bits per heavy atom. The number of para-hydroxylation sites is 1. The molecule has 0 fully saturated rings. The molecule has 7 heteroatoms. The van der Waals surface area contributed by atoms with Gasteiger partial charge in [0.25, 0.3) is 5.56 Å². The number of allylic oxidation sites excluding steroid dienone is 1. The van der Waals surface area contributed by atoms with E-state index in [9.17, 15) is 19.5 Å². The molecular weight excluding hydrogens is 370 g/mol. The highest BCUT2D eigenvalue weighted by Gasteiger charge is 2.28. The van der Waals surface area contributed by atoms with Crippen LogP contribution >= 0.6 is 0 Å². The van der Waals surface area contributed by atoms with E-state index in [1.165, 1.54) is 17.8 Å². The Hall–Kier alpha value is -3.48. The number of rotatable bonds is 2. The quantitative estimate of drug-likeness (QED) is 0.724. The molecule has 1 aliphatic carbocycles. The Morgan fingerprint density at radius 1 is 1.21 bits per heavy atom. The van der Waals surface area contributed by atoms with Gasteiger partial charge in [0, 0.05) is 25.7 Å². The third-order valence-electron chi connectivity index (χ3n) is 5.43. The minimum atomic E-state index is -0.980. The molecule has 0 amide bonds.